The number of carbonyl (C=O) groups is 1. The summed E-state index contributed by atoms with van der Waals surface area (Å²) in [5, 5.41) is 6.04. The van der Waals surface area contributed by atoms with Gasteiger partial charge in [0.1, 0.15) is 0 Å². The van der Waals surface area contributed by atoms with Crippen LogP contribution in [0.1, 0.15) is 24.8 Å². The van der Waals surface area contributed by atoms with E-state index in [9.17, 15) is 4.79 Å². The van der Waals surface area contributed by atoms with Crippen molar-refractivity contribution in [2.75, 3.05) is 13.6 Å². The van der Waals surface area contributed by atoms with E-state index in [0.29, 0.717) is 18.5 Å². The number of nitrogens with one attached hydrogen (secondary N) is 2. The van der Waals surface area contributed by atoms with Crippen LogP contribution in [0, 0.1) is 5.92 Å². The maximum Gasteiger partial charge on any atom is 0.234 e. The maximum atomic E-state index is 11.6. The van der Waals surface area contributed by atoms with E-state index in [1.54, 1.807) is 7.05 Å². The first-order chi connectivity index (χ1) is 8.79. The van der Waals surface area contributed by atoms with E-state index in [1.165, 1.54) is 18.4 Å². The van der Waals surface area contributed by atoms with Gasteiger partial charge in [0.15, 0.2) is 0 Å². The second-order valence-corrected chi connectivity index (χ2v) is 5.09. The largest absolute Gasteiger partial charge is 0.352 e. The van der Waals surface area contributed by atoms with Gasteiger partial charge in [0.2, 0.25) is 5.91 Å². The summed E-state index contributed by atoms with van der Waals surface area (Å²) < 4.78 is 0. The zero-order valence-electron chi connectivity index (χ0n) is 11.0. The Morgan fingerprint density at radius 3 is 2.78 bits per heavy atom. The maximum absolute atomic E-state index is 11.6. The van der Waals surface area contributed by atoms with Gasteiger partial charge in [-0.25, -0.2) is 0 Å². The molecule has 0 bridgehead atoms. The van der Waals surface area contributed by atoms with E-state index in [2.05, 4.69) is 34.9 Å². The van der Waals surface area contributed by atoms with Gasteiger partial charge in [-0.3, -0.25) is 4.79 Å². The van der Waals surface area contributed by atoms with Crippen molar-refractivity contribution < 1.29 is 4.79 Å². The first kappa shape index (κ1) is 13.1. The molecule has 98 valence electrons. The molecular weight excluding hydrogens is 224 g/mol. The van der Waals surface area contributed by atoms with E-state index in [4.69, 9.17) is 0 Å². The summed E-state index contributed by atoms with van der Waals surface area (Å²) in [6.07, 6.45) is 4.64. The van der Waals surface area contributed by atoms with Crippen molar-refractivity contribution in [2.45, 2.75) is 31.7 Å². The van der Waals surface area contributed by atoms with Crippen LogP contribution in [-0.4, -0.2) is 25.5 Å². The average molecular weight is 246 g/mol. The fraction of sp³-hybridized carbons (Fsp3) is 0.533. The van der Waals surface area contributed by atoms with Crippen LogP contribution in [0.15, 0.2) is 30.3 Å². The molecule has 2 atom stereocenters. The molecule has 1 amide bonds. The Bertz CT molecular complexity index is 377. The van der Waals surface area contributed by atoms with Crippen LogP contribution in [0.2, 0.25) is 0 Å². The molecule has 18 heavy (non-hydrogen) atoms. The monoisotopic (exact) mass is 246 g/mol. The quantitative estimate of drug-likeness (QED) is 0.831. The highest BCUT2D eigenvalue weighted by molar-refractivity contribution is 5.78. The third-order valence-electron chi connectivity index (χ3n) is 3.68. The van der Waals surface area contributed by atoms with Gasteiger partial charge in [-0.05, 0) is 37.8 Å². The van der Waals surface area contributed by atoms with Crippen molar-refractivity contribution in [2.24, 2.45) is 5.92 Å². The molecule has 1 aromatic rings. The lowest BCUT2D eigenvalue weighted by atomic mass is 9.94. The number of amides is 1. The normalized spacial score (nSPS) is 22.9. The SMILES string of the molecule is CNCC(=O)NC1CCCC1Cc1ccccc1. The van der Waals surface area contributed by atoms with Crippen LogP contribution in [-0.2, 0) is 11.2 Å². The Morgan fingerprint density at radius 1 is 1.28 bits per heavy atom. The number of benzene rings is 1. The van der Waals surface area contributed by atoms with Crippen LogP contribution in [0.5, 0.6) is 0 Å². The number of hydrogen-bond acceptors (Lipinski definition) is 2. The average Bonchev–Trinajstić information content (AvgIpc) is 2.78. The summed E-state index contributed by atoms with van der Waals surface area (Å²) in [7, 11) is 1.80. The molecular formula is C15H22N2O. The minimum absolute atomic E-state index is 0.113. The summed E-state index contributed by atoms with van der Waals surface area (Å²) >= 11 is 0. The molecule has 0 heterocycles. The topological polar surface area (TPSA) is 41.1 Å². The fourth-order valence-corrected chi connectivity index (χ4v) is 2.81. The summed E-state index contributed by atoms with van der Waals surface area (Å²) in [5.41, 5.74) is 1.37. The summed E-state index contributed by atoms with van der Waals surface area (Å²) in [5.74, 6) is 0.704. The molecule has 0 radical (unpaired) electrons. The summed E-state index contributed by atoms with van der Waals surface area (Å²) in [6.45, 7) is 0.411. The zero-order chi connectivity index (χ0) is 12.8. The molecule has 1 aliphatic rings. The van der Waals surface area contributed by atoms with Crippen LogP contribution >= 0.6 is 0 Å². The highest BCUT2D eigenvalue weighted by Crippen LogP contribution is 2.28. The summed E-state index contributed by atoms with van der Waals surface area (Å²) in [6, 6.07) is 10.9. The molecule has 0 aliphatic heterocycles. The molecule has 1 fully saturated rings. The van der Waals surface area contributed by atoms with Gasteiger partial charge >= 0.3 is 0 Å². The van der Waals surface area contributed by atoms with Crippen molar-refractivity contribution in [3.05, 3.63) is 35.9 Å². The van der Waals surface area contributed by atoms with Gasteiger partial charge in [0.25, 0.3) is 0 Å². The Kier molecular flexibility index (Phi) is 4.76. The third-order valence-corrected chi connectivity index (χ3v) is 3.68. The number of hydrogen-bond donors (Lipinski definition) is 2. The van der Waals surface area contributed by atoms with Crippen molar-refractivity contribution in [1.82, 2.24) is 10.6 Å². The molecule has 0 saturated heterocycles. The van der Waals surface area contributed by atoms with E-state index < -0.39 is 0 Å². The van der Waals surface area contributed by atoms with Gasteiger partial charge in [0, 0.05) is 6.04 Å². The molecule has 0 spiro atoms. The van der Waals surface area contributed by atoms with Gasteiger partial charge in [0.05, 0.1) is 6.54 Å². The van der Waals surface area contributed by atoms with Crippen molar-refractivity contribution in [1.29, 1.82) is 0 Å². The predicted octanol–water partition coefficient (Wildman–Crippen LogP) is 1.73. The second-order valence-electron chi connectivity index (χ2n) is 5.09. The van der Waals surface area contributed by atoms with Gasteiger partial charge in [-0.15, -0.1) is 0 Å². The zero-order valence-corrected chi connectivity index (χ0v) is 11.0. The van der Waals surface area contributed by atoms with Crippen molar-refractivity contribution >= 4 is 5.91 Å². The van der Waals surface area contributed by atoms with Gasteiger partial charge in [-0.1, -0.05) is 36.8 Å². The highest BCUT2D eigenvalue weighted by atomic mass is 16.1. The first-order valence-corrected chi connectivity index (χ1v) is 6.77. The molecule has 3 heteroatoms. The van der Waals surface area contributed by atoms with E-state index in [-0.39, 0.29) is 5.91 Å². The lowest BCUT2D eigenvalue weighted by Gasteiger charge is -2.21. The Hall–Kier alpha value is -1.35. The third kappa shape index (κ3) is 3.57. The molecule has 2 rings (SSSR count). The fourth-order valence-electron chi connectivity index (χ4n) is 2.81. The van der Waals surface area contributed by atoms with Crippen molar-refractivity contribution in [3.8, 4) is 0 Å². The first-order valence-electron chi connectivity index (χ1n) is 6.77. The van der Waals surface area contributed by atoms with E-state index in [1.807, 2.05) is 6.07 Å². The van der Waals surface area contributed by atoms with Crippen LogP contribution in [0.25, 0.3) is 0 Å². The molecule has 3 nitrogen and oxygen atoms in total. The Labute approximate surface area is 109 Å². The van der Waals surface area contributed by atoms with E-state index in [0.717, 1.165) is 12.8 Å². The van der Waals surface area contributed by atoms with Crippen LogP contribution in [0.4, 0.5) is 0 Å². The molecule has 1 aromatic carbocycles. The Balaban J connectivity index is 1.89. The van der Waals surface area contributed by atoms with Crippen LogP contribution < -0.4 is 10.6 Å². The minimum Gasteiger partial charge on any atom is -0.352 e. The highest BCUT2D eigenvalue weighted by Gasteiger charge is 2.28. The molecule has 2 unspecified atom stereocenters. The molecule has 1 saturated carbocycles. The predicted molar refractivity (Wildman–Crippen MR) is 73.3 cm³/mol. The van der Waals surface area contributed by atoms with E-state index >= 15 is 0 Å². The Morgan fingerprint density at radius 2 is 2.06 bits per heavy atom. The van der Waals surface area contributed by atoms with Gasteiger partial charge in [-0.2, -0.15) is 0 Å². The van der Waals surface area contributed by atoms with Gasteiger partial charge < -0.3 is 10.6 Å². The lowest BCUT2D eigenvalue weighted by Crippen LogP contribution is -2.41. The molecule has 0 aromatic heterocycles. The smallest absolute Gasteiger partial charge is 0.234 e. The standard InChI is InChI=1S/C15H22N2O/c1-16-11-15(18)17-14-9-5-8-13(14)10-12-6-3-2-4-7-12/h2-4,6-7,13-14,16H,5,8-11H2,1H3,(H,17,18). The molecule has 2 N–H and O–H groups in total. The second kappa shape index (κ2) is 6.55. The molecule has 1 aliphatic carbocycles. The number of rotatable bonds is 5. The minimum atomic E-state index is 0.113. The summed E-state index contributed by atoms with van der Waals surface area (Å²) in [4.78, 5) is 11.6. The number of likely N-dealkylation sites (N-methyl/N-ethyl adjacent to an activating group) is 1. The van der Waals surface area contributed by atoms with Crippen LogP contribution in [0.3, 0.4) is 0 Å². The number of carbonyl (C=O) groups excluding carboxylic acids is 1. The van der Waals surface area contributed by atoms with Crippen molar-refractivity contribution in [3.63, 3.8) is 0 Å². The lowest BCUT2D eigenvalue weighted by molar-refractivity contribution is -0.121.